The first-order valence-electron chi connectivity index (χ1n) is 7.07. The monoisotopic (exact) mass is 327 g/mol. The van der Waals surface area contributed by atoms with E-state index in [9.17, 15) is 14.7 Å². The number of methoxy groups -OCH3 is 1. The Bertz CT molecular complexity index is 787. The first kappa shape index (κ1) is 17.0. The predicted molar refractivity (Wildman–Crippen MR) is 90.5 cm³/mol. The zero-order valence-electron chi connectivity index (χ0n) is 13.2. The highest BCUT2D eigenvalue weighted by molar-refractivity contribution is 5.97. The maximum atomic E-state index is 12.0. The summed E-state index contributed by atoms with van der Waals surface area (Å²) < 4.78 is 4.94. The van der Waals surface area contributed by atoms with Crippen LogP contribution < -0.4 is 15.5 Å². The van der Waals surface area contributed by atoms with E-state index in [1.165, 1.54) is 26.3 Å². The number of carbonyl (C=O) groups is 2. The molecular formula is C17H17N3O4. The average Bonchev–Trinajstić information content (AvgIpc) is 2.54. The largest absolute Gasteiger partial charge is 0.504 e. The van der Waals surface area contributed by atoms with Gasteiger partial charge < -0.3 is 15.2 Å². The summed E-state index contributed by atoms with van der Waals surface area (Å²) in [4.78, 5) is 23.1. The Hall–Kier alpha value is -3.35. The van der Waals surface area contributed by atoms with Gasteiger partial charge in [0.15, 0.2) is 11.5 Å². The van der Waals surface area contributed by atoms with Crippen LogP contribution in [0.4, 0.5) is 5.69 Å². The van der Waals surface area contributed by atoms with Gasteiger partial charge in [-0.25, -0.2) is 5.43 Å². The number of amides is 2. The van der Waals surface area contributed by atoms with Gasteiger partial charge >= 0.3 is 0 Å². The van der Waals surface area contributed by atoms with Crippen LogP contribution in [0, 0.1) is 0 Å². The van der Waals surface area contributed by atoms with E-state index in [-0.39, 0.29) is 11.7 Å². The van der Waals surface area contributed by atoms with Gasteiger partial charge in [-0.3, -0.25) is 9.59 Å². The number of ether oxygens (including phenoxy) is 1. The second kappa shape index (κ2) is 7.77. The van der Waals surface area contributed by atoms with E-state index in [0.29, 0.717) is 22.6 Å². The SMILES string of the molecule is COc1ccc(C=NNC(=O)c2cccc(NC(C)=O)c2)cc1O. The Morgan fingerprint density at radius 1 is 1.21 bits per heavy atom. The van der Waals surface area contributed by atoms with Crippen molar-refractivity contribution in [2.24, 2.45) is 5.10 Å². The summed E-state index contributed by atoms with van der Waals surface area (Å²) >= 11 is 0. The third kappa shape index (κ3) is 4.57. The number of nitrogens with one attached hydrogen (secondary N) is 2. The van der Waals surface area contributed by atoms with Crippen LogP contribution in [0.25, 0.3) is 0 Å². The van der Waals surface area contributed by atoms with E-state index in [1.54, 1.807) is 36.4 Å². The molecule has 7 nitrogen and oxygen atoms in total. The van der Waals surface area contributed by atoms with Gasteiger partial charge in [0.05, 0.1) is 13.3 Å². The summed E-state index contributed by atoms with van der Waals surface area (Å²) in [7, 11) is 1.46. The lowest BCUT2D eigenvalue weighted by Crippen LogP contribution is -2.18. The topological polar surface area (TPSA) is 100 Å². The molecule has 0 spiro atoms. The Kier molecular flexibility index (Phi) is 5.51. The lowest BCUT2D eigenvalue weighted by molar-refractivity contribution is -0.114. The second-order valence-electron chi connectivity index (χ2n) is 4.89. The maximum Gasteiger partial charge on any atom is 0.271 e. The molecule has 2 aromatic carbocycles. The van der Waals surface area contributed by atoms with Gasteiger partial charge in [-0.2, -0.15) is 5.10 Å². The van der Waals surface area contributed by atoms with Crippen LogP contribution in [0.2, 0.25) is 0 Å². The molecule has 0 atom stereocenters. The molecule has 124 valence electrons. The van der Waals surface area contributed by atoms with Crippen molar-refractivity contribution in [2.75, 3.05) is 12.4 Å². The van der Waals surface area contributed by atoms with Crippen LogP contribution in [0.15, 0.2) is 47.6 Å². The summed E-state index contributed by atoms with van der Waals surface area (Å²) in [6.07, 6.45) is 1.40. The minimum atomic E-state index is -0.420. The molecule has 7 heteroatoms. The van der Waals surface area contributed by atoms with Gasteiger partial charge in [-0.15, -0.1) is 0 Å². The molecule has 2 rings (SSSR count). The molecule has 0 fully saturated rings. The Morgan fingerprint density at radius 3 is 2.67 bits per heavy atom. The van der Waals surface area contributed by atoms with Gasteiger partial charge in [-0.1, -0.05) is 6.07 Å². The third-order valence-corrected chi connectivity index (χ3v) is 3.03. The van der Waals surface area contributed by atoms with Crippen LogP contribution in [0.3, 0.4) is 0 Å². The van der Waals surface area contributed by atoms with Crippen LogP contribution in [0.1, 0.15) is 22.8 Å². The van der Waals surface area contributed by atoms with Crippen LogP contribution in [0.5, 0.6) is 11.5 Å². The number of hydrogen-bond donors (Lipinski definition) is 3. The molecular weight excluding hydrogens is 310 g/mol. The fraction of sp³-hybridized carbons (Fsp3) is 0.118. The smallest absolute Gasteiger partial charge is 0.271 e. The molecule has 0 aliphatic rings. The standard InChI is InChI=1S/C17H17N3O4/c1-11(21)19-14-5-3-4-13(9-14)17(23)20-18-10-12-6-7-16(24-2)15(22)8-12/h3-10,22H,1-2H3,(H,19,21)(H,20,23). The number of aromatic hydroxyl groups is 1. The molecule has 2 aromatic rings. The fourth-order valence-electron chi connectivity index (χ4n) is 1.96. The molecule has 24 heavy (non-hydrogen) atoms. The number of hydrazone groups is 1. The Morgan fingerprint density at radius 2 is 2.00 bits per heavy atom. The molecule has 0 heterocycles. The summed E-state index contributed by atoms with van der Waals surface area (Å²) in [6.45, 7) is 1.39. The summed E-state index contributed by atoms with van der Waals surface area (Å²) in [6, 6.07) is 11.2. The van der Waals surface area contributed by atoms with Gasteiger partial charge in [0, 0.05) is 18.2 Å². The quantitative estimate of drug-likeness (QED) is 0.578. The van der Waals surface area contributed by atoms with E-state index in [2.05, 4.69) is 15.8 Å². The van der Waals surface area contributed by atoms with Gasteiger partial charge in [0.2, 0.25) is 5.91 Å². The molecule has 0 radical (unpaired) electrons. The number of hydrogen-bond acceptors (Lipinski definition) is 5. The predicted octanol–water partition coefficient (Wildman–Crippen LogP) is 2.12. The van der Waals surface area contributed by atoms with E-state index in [1.807, 2.05) is 0 Å². The van der Waals surface area contributed by atoms with Crippen molar-refractivity contribution in [1.29, 1.82) is 0 Å². The number of benzene rings is 2. The van der Waals surface area contributed by atoms with Crippen LogP contribution >= 0.6 is 0 Å². The van der Waals surface area contributed by atoms with Crippen molar-refractivity contribution >= 4 is 23.7 Å². The highest BCUT2D eigenvalue weighted by Gasteiger charge is 2.06. The van der Waals surface area contributed by atoms with Crippen molar-refractivity contribution < 1.29 is 19.4 Å². The highest BCUT2D eigenvalue weighted by atomic mass is 16.5. The van der Waals surface area contributed by atoms with Crippen molar-refractivity contribution in [3.8, 4) is 11.5 Å². The fourth-order valence-corrected chi connectivity index (χ4v) is 1.96. The Balaban J connectivity index is 2.02. The molecule has 3 N–H and O–H groups in total. The summed E-state index contributed by atoms with van der Waals surface area (Å²) in [5, 5.41) is 16.1. The maximum absolute atomic E-state index is 12.0. The molecule has 0 aliphatic heterocycles. The minimum absolute atomic E-state index is 0.0178. The number of nitrogens with zero attached hydrogens (tertiary/aromatic N) is 1. The minimum Gasteiger partial charge on any atom is -0.504 e. The zero-order chi connectivity index (χ0) is 17.5. The van der Waals surface area contributed by atoms with E-state index in [4.69, 9.17) is 4.74 Å². The van der Waals surface area contributed by atoms with E-state index >= 15 is 0 Å². The number of phenolic OH excluding ortho intramolecular Hbond substituents is 1. The summed E-state index contributed by atoms with van der Waals surface area (Å²) in [5.41, 5.74) is 3.86. The molecule has 2 amide bonds. The first-order valence-corrected chi connectivity index (χ1v) is 7.07. The van der Waals surface area contributed by atoms with Crippen molar-refractivity contribution in [2.45, 2.75) is 6.92 Å². The number of carbonyl (C=O) groups excluding carboxylic acids is 2. The normalized spacial score (nSPS) is 10.4. The van der Waals surface area contributed by atoms with Gasteiger partial charge in [-0.05, 0) is 42.0 Å². The highest BCUT2D eigenvalue weighted by Crippen LogP contribution is 2.25. The number of rotatable bonds is 5. The molecule has 0 aromatic heterocycles. The van der Waals surface area contributed by atoms with Crippen LogP contribution in [-0.4, -0.2) is 30.2 Å². The lowest BCUT2D eigenvalue weighted by atomic mass is 10.2. The Labute approximate surface area is 139 Å². The molecule has 0 aliphatic carbocycles. The van der Waals surface area contributed by atoms with Crippen molar-refractivity contribution in [3.63, 3.8) is 0 Å². The molecule has 0 saturated carbocycles. The lowest BCUT2D eigenvalue weighted by Gasteiger charge is -2.05. The van der Waals surface area contributed by atoms with E-state index in [0.717, 1.165) is 0 Å². The van der Waals surface area contributed by atoms with Gasteiger partial charge in [0.25, 0.3) is 5.91 Å². The zero-order valence-corrected chi connectivity index (χ0v) is 13.2. The average molecular weight is 327 g/mol. The van der Waals surface area contributed by atoms with Crippen molar-refractivity contribution in [1.82, 2.24) is 5.43 Å². The van der Waals surface area contributed by atoms with Crippen LogP contribution in [-0.2, 0) is 4.79 Å². The van der Waals surface area contributed by atoms with Crippen molar-refractivity contribution in [3.05, 3.63) is 53.6 Å². The summed E-state index contributed by atoms with van der Waals surface area (Å²) in [5.74, 6) is -0.303. The van der Waals surface area contributed by atoms with E-state index < -0.39 is 5.91 Å². The number of phenols is 1. The molecule has 0 saturated heterocycles. The second-order valence-corrected chi connectivity index (χ2v) is 4.89. The number of anilines is 1. The van der Waals surface area contributed by atoms with Gasteiger partial charge in [0.1, 0.15) is 0 Å². The molecule has 0 unspecified atom stereocenters. The molecule has 0 bridgehead atoms. The third-order valence-electron chi connectivity index (χ3n) is 3.03. The first-order chi connectivity index (χ1) is 11.5.